The van der Waals surface area contributed by atoms with Gasteiger partial charge in [-0.3, -0.25) is 4.79 Å². The molecule has 5 nitrogen and oxygen atoms in total. The largest absolute Gasteiger partial charge is 0.544 e. The summed E-state index contributed by atoms with van der Waals surface area (Å²) < 4.78 is 0. The number of aliphatic carboxylic acids is 1. The lowest BCUT2D eigenvalue weighted by molar-refractivity contribution is -0.682. The summed E-state index contributed by atoms with van der Waals surface area (Å²) in [6.45, 7) is 4.65. The third-order valence-corrected chi connectivity index (χ3v) is 4.70. The minimum Gasteiger partial charge on any atom is -0.544 e. The van der Waals surface area contributed by atoms with Crippen molar-refractivity contribution in [1.82, 2.24) is 0 Å². The summed E-state index contributed by atoms with van der Waals surface area (Å²) >= 11 is 0. The Labute approximate surface area is 160 Å². The van der Waals surface area contributed by atoms with Gasteiger partial charge in [-0.2, -0.15) is 0 Å². The molecule has 0 aliphatic carbocycles. The van der Waals surface area contributed by atoms with Gasteiger partial charge in [0.05, 0.1) is 18.9 Å². The third kappa shape index (κ3) is 6.22. The number of hydrogen-bond acceptors (Lipinski definition) is 3. The van der Waals surface area contributed by atoms with Crippen LogP contribution in [0.2, 0.25) is 0 Å². The van der Waals surface area contributed by atoms with Gasteiger partial charge in [0.1, 0.15) is 6.04 Å². The Bertz CT molecular complexity index is 737. The van der Waals surface area contributed by atoms with Crippen molar-refractivity contribution >= 4 is 17.6 Å². The normalized spacial score (nSPS) is 11.8. The van der Waals surface area contributed by atoms with E-state index in [9.17, 15) is 14.7 Å². The molecule has 0 unspecified atom stereocenters. The Morgan fingerprint density at radius 3 is 2.19 bits per heavy atom. The number of hydrogen-bond donors (Lipinski definition) is 2. The molecule has 0 saturated heterocycles. The summed E-state index contributed by atoms with van der Waals surface area (Å²) in [4.78, 5) is 23.9. The topological polar surface area (TPSA) is 85.8 Å². The average Bonchev–Trinajstić information content (AvgIpc) is 2.68. The van der Waals surface area contributed by atoms with Gasteiger partial charge in [-0.05, 0) is 29.5 Å². The van der Waals surface area contributed by atoms with Crippen LogP contribution in [-0.2, 0) is 28.9 Å². The summed E-state index contributed by atoms with van der Waals surface area (Å²) in [6, 6.07) is 14.9. The van der Waals surface area contributed by atoms with Crippen molar-refractivity contribution in [2.24, 2.45) is 0 Å². The first-order valence-electron chi connectivity index (χ1n) is 9.53. The van der Waals surface area contributed by atoms with Crippen LogP contribution in [0.25, 0.3) is 0 Å². The maximum Gasteiger partial charge on any atom is 0.230 e. The maximum atomic E-state index is 12.5. The molecule has 1 atom stereocenters. The molecule has 0 aliphatic heterocycles. The Hall–Kier alpha value is -2.66. The molecule has 0 spiro atoms. The molecule has 27 heavy (non-hydrogen) atoms. The molecule has 2 aromatic rings. The zero-order chi connectivity index (χ0) is 19.6. The smallest absolute Gasteiger partial charge is 0.230 e. The first-order valence-corrected chi connectivity index (χ1v) is 9.53. The molecule has 144 valence electrons. The highest BCUT2D eigenvalue weighted by Crippen LogP contribution is 2.22. The van der Waals surface area contributed by atoms with E-state index in [4.69, 9.17) is 0 Å². The van der Waals surface area contributed by atoms with Gasteiger partial charge in [0.2, 0.25) is 5.91 Å². The number of carboxylic acid groups (broad SMARTS) is 1. The number of carboxylic acids is 1. The number of rotatable bonds is 10. The van der Waals surface area contributed by atoms with Crippen LogP contribution in [0.5, 0.6) is 0 Å². The molecule has 2 aromatic carbocycles. The highest BCUT2D eigenvalue weighted by Gasteiger charge is 2.19. The SMILES string of the molecule is CCc1cccc(CC)c1NC(=O)C[C@H]([NH2+]CCc1ccccc1)C(=O)[O-]. The molecule has 0 radical (unpaired) electrons. The molecule has 0 heterocycles. The molecular weight excluding hydrogens is 340 g/mol. The van der Waals surface area contributed by atoms with E-state index in [2.05, 4.69) is 5.32 Å². The maximum absolute atomic E-state index is 12.5. The molecule has 0 bridgehead atoms. The molecular formula is C22H28N2O3. The number of amides is 1. The lowest BCUT2D eigenvalue weighted by atomic mass is 10.0. The number of para-hydroxylation sites is 1. The standard InChI is InChI=1S/C22H28N2O3/c1-3-17-11-8-12-18(4-2)21(17)24-20(25)15-19(22(26)27)23-14-13-16-9-6-5-7-10-16/h5-12,19,23H,3-4,13-15H2,1-2H3,(H,24,25)(H,26,27)/t19-/m0/s1. The average molecular weight is 368 g/mol. The molecule has 2 rings (SSSR count). The van der Waals surface area contributed by atoms with Gasteiger partial charge in [-0.1, -0.05) is 62.4 Å². The van der Waals surface area contributed by atoms with Crippen LogP contribution in [0.4, 0.5) is 5.69 Å². The molecule has 1 amide bonds. The van der Waals surface area contributed by atoms with Crippen molar-refractivity contribution in [3.8, 4) is 0 Å². The molecule has 0 fully saturated rings. The third-order valence-electron chi connectivity index (χ3n) is 4.70. The van der Waals surface area contributed by atoms with Crippen LogP contribution in [-0.4, -0.2) is 24.5 Å². The van der Waals surface area contributed by atoms with Crippen LogP contribution in [0.1, 0.15) is 37.0 Å². The van der Waals surface area contributed by atoms with Crippen LogP contribution in [0.3, 0.4) is 0 Å². The molecule has 5 heteroatoms. The molecule has 0 saturated carbocycles. The van der Waals surface area contributed by atoms with Crippen LogP contribution < -0.4 is 15.7 Å². The lowest BCUT2D eigenvalue weighted by Crippen LogP contribution is -2.93. The van der Waals surface area contributed by atoms with Gasteiger partial charge in [0.15, 0.2) is 0 Å². The van der Waals surface area contributed by atoms with Crippen LogP contribution in [0.15, 0.2) is 48.5 Å². The highest BCUT2D eigenvalue weighted by atomic mass is 16.4. The van der Waals surface area contributed by atoms with Gasteiger partial charge in [0, 0.05) is 12.1 Å². The van der Waals surface area contributed by atoms with Crippen molar-refractivity contribution in [2.45, 2.75) is 45.6 Å². The van der Waals surface area contributed by atoms with Crippen LogP contribution in [0, 0.1) is 0 Å². The number of quaternary nitrogens is 1. The van der Waals surface area contributed by atoms with E-state index < -0.39 is 12.0 Å². The summed E-state index contributed by atoms with van der Waals surface area (Å²) in [5, 5.41) is 16.1. The van der Waals surface area contributed by atoms with Crippen molar-refractivity contribution < 1.29 is 20.0 Å². The van der Waals surface area contributed by atoms with E-state index >= 15 is 0 Å². The molecule has 0 aliphatic rings. The van der Waals surface area contributed by atoms with Crippen LogP contribution >= 0.6 is 0 Å². The summed E-state index contributed by atoms with van der Waals surface area (Å²) in [5.74, 6) is -1.51. The van der Waals surface area contributed by atoms with Crippen molar-refractivity contribution in [3.63, 3.8) is 0 Å². The molecule has 3 N–H and O–H groups in total. The zero-order valence-corrected chi connectivity index (χ0v) is 16.0. The molecule has 0 aromatic heterocycles. The summed E-state index contributed by atoms with van der Waals surface area (Å²) in [7, 11) is 0. The van der Waals surface area contributed by atoms with E-state index in [1.807, 2.05) is 62.4 Å². The first kappa shape index (κ1) is 20.6. The quantitative estimate of drug-likeness (QED) is 0.658. The van der Waals surface area contributed by atoms with Crippen molar-refractivity contribution in [3.05, 3.63) is 65.2 Å². The monoisotopic (exact) mass is 368 g/mol. The number of nitrogens with two attached hydrogens (primary N) is 1. The minimum atomic E-state index is -1.21. The number of aryl methyl sites for hydroxylation is 2. The number of anilines is 1. The van der Waals surface area contributed by atoms with E-state index in [1.165, 1.54) is 0 Å². The van der Waals surface area contributed by atoms with Crippen molar-refractivity contribution in [2.75, 3.05) is 11.9 Å². The van der Waals surface area contributed by atoms with E-state index in [1.54, 1.807) is 5.32 Å². The van der Waals surface area contributed by atoms with E-state index in [-0.39, 0.29) is 12.3 Å². The Kier molecular flexibility index (Phi) is 8.01. The fraction of sp³-hybridized carbons (Fsp3) is 0.364. The van der Waals surface area contributed by atoms with Gasteiger partial charge >= 0.3 is 0 Å². The van der Waals surface area contributed by atoms with Gasteiger partial charge in [0.25, 0.3) is 0 Å². The minimum absolute atomic E-state index is 0.113. The Morgan fingerprint density at radius 1 is 1.00 bits per heavy atom. The fourth-order valence-electron chi connectivity index (χ4n) is 3.15. The second-order valence-corrected chi connectivity index (χ2v) is 6.60. The highest BCUT2D eigenvalue weighted by molar-refractivity contribution is 5.94. The second kappa shape index (κ2) is 10.5. The number of carbonyl (C=O) groups excluding carboxylic acids is 2. The zero-order valence-electron chi connectivity index (χ0n) is 16.0. The Morgan fingerprint density at radius 2 is 1.63 bits per heavy atom. The first-order chi connectivity index (χ1) is 13.0. The lowest BCUT2D eigenvalue weighted by Gasteiger charge is -2.18. The summed E-state index contributed by atoms with van der Waals surface area (Å²) in [6.07, 6.45) is 2.23. The fourth-order valence-corrected chi connectivity index (χ4v) is 3.15. The van der Waals surface area contributed by atoms with E-state index in [0.29, 0.717) is 6.54 Å². The number of nitrogens with one attached hydrogen (secondary N) is 1. The van der Waals surface area contributed by atoms with Gasteiger partial charge in [-0.25, -0.2) is 0 Å². The van der Waals surface area contributed by atoms with Crippen molar-refractivity contribution in [1.29, 1.82) is 0 Å². The van der Waals surface area contributed by atoms with E-state index in [0.717, 1.165) is 41.6 Å². The van der Waals surface area contributed by atoms with Gasteiger partial charge in [-0.15, -0.1) is 0 Å². The Balaban J connectivity index is 1.96. The second-order valence-electron chi connectivity index (χ2n) is 6.60. The predicted octanol–water partition coefficient (Wildman–Crippen LogP) is 1.06. The number of carbonyl (C=O) groups is 2. The summed E-state index contributed by atoms with van der Waals surface area (Å²) in [5.41, 5.74) is 4.06. The predicted molar refractivity (Wildman–Crippen MR) is 104 cm³/mol. The van der Waals surface area contributed by atoms with Gasteiger partial charge < -0.3 is 20.5 Å². The number of benzene rings is 2.